The molecular formula is C22H26N4O5. The first-order valence-electron chi connectivity index (χ1n) is 9.60. The highest BCUT2D eigenvalue weighted by atomic mass is 16.5. The van der Waals surface area contributed by atoms with Gasteiger partial charge in [-0.1, -0.05) is 24.3 Å². The summed E-state index contributed by atoms with van der Waals surface area (Å²) in [7, 11) is 3.06. The molecule has 0 unspecified atom stereocenters. The van der Waals surface area contributed by atoms with E-state index < -0.39 is 11.8 Å². The predicted molar refractivity (Wildman–Crippen MR) is 117 cm³/mol. The van der Waals surface area contributed by atoms with E-state index >= 15 is 0 Å². The molecule has 0 saturated carbocycles. The molecule has 0 aliphatic rings. The zero-order valence-electron chi connectivity index (χ0n) is 17.7. The number of carbonyl (C=O) groups excluding carboxylic acids is 3. The van der Waals surface area contributed by atoms with Crippen molar-refractivity contribution in [1.82, 2.24) is 10.7 Å². The molecule has 2 aromatic rings. The standard InChI is InChI=1S/C22H26N4O5/c1-15(14-20(27)23-13-12-16-8-10-17(30-2)11-9-16)25-26-22(29)21(28)24-18-6-4-5-7-19(18)31-3/h4-11H,12-14H2,1-3H3,(H,23,27)(H,24,28)(H,26,29)/b25-15+. The van der Waals surface area contributed by atoms with E-state index in [1.54, 1.807) is 38.3 Å². The molecule has 0 radical (unpaired) electrons. The van der Waals surface area contributed by atoms with E-state index in [0.29, 0.717) is 30.1 Å². The third-order valence-corrected chi connectivity index (χ3v) is 4.22. The minimum absolute atomic E-state index is 0.00296. The highest BCUT2D eigenvalue weighted by molar-refractivity contribution is 6.39. The Bertz CT molecular complexity index is 941. The molecule has 164 valence electrons. The van der Waals surface area contributed by atoms with Crippen LogP contribution in [0.1, 0.15) is 18.9 Å². The van der Waals surface area contributed by atoms with Gasteiger partial charge in [-0.3, -0.25) is 14.4 Å². The normalized spacial score (nSPS) is 10.7. The van der Waals surface area contributed by atoms with Crippen molar-refractivity contribution in [1.29, 1.82) is 0 Å². The van der Waals surface area contributed by atoms with Crippen LogP contribution in [0.25, 0.3) is 0 Å². The lowest BCUT2D eigenvalue weighted by Gasteiger charge is -2.09. The van der Waals surface area contributed by atoms with Gasteiger partial charge in [0.05, 0.1) is 26.3 Å². The molecule has 2 rings (SSSR count). The summed E-state index contributed by atoms with van der Waals surface area (Å²) in [4.78, 5) is 35.9. The van der Waals surface area contributed by atoms with Gasteiger partial charge in [-0.2, -0.15) is 5.10 Å². The monoisotopic (exact) mass is 426 g/mol. The Morgan fingerprint density at radius 3 is 2.32 bits per heavy atom. The number of hydrogen-bond donors (Lipinski definition) is 3. The molecule has 2 aromatic carbocycles. The molecule has 9 nitrogen and oxygen atoms in total. The summed E-state index contributed by atoms with van der Waals surface area (Å²) in [5.74, 6) is -0.884. The zero-order chi connectivity index (χ0) is 22.6. The number of hydrazone groups is 1. The molecule has 0 aliphatic heterocycles. The van der Waals surface area contributed by atoms with E-state index in [9.17, 15) is 14.4 Å². The Morgan fingerprint density at radius 1 is 0.935 bits per heavy atom. The van der Waals surface area contributed by atoms with Gasteiger partial charge in [0.2, 0.25) is 5.91 Å². The van der Waals surface area contributed by atoms with Crippen molar-refractivity contribution in [3.05, 3.63) is 54.1 Å². The molecular weight excluding hydrogens is 400 g/mol. The number of nitrogens with zero attached hydrogens (tertiary/aromatic N) is 1. The minimum atomic E-state index is -0.954. The van der Waals surface area contributed by atoms with Crippen LogP contribution in [0.5, 0.6) is 11.5 Å². The minimum Gasteiger partial charge on any atom is -0.497 e. The number of hydrogen-bond acceptors (Lipinski definition) is 6. The molecule has 0 heterocycles. The molecule has 0 fully saturated rings. The number of ether oxygens (including phenoxy) is 2. The highest BCUT2D eigenvalue weighted by Gasteiger charge is 2.15. The largest absolute Gasteiger partial charge is 0.497 e. The van der Waals surface area contributed by atoms with E-state index in [2.05, 4.69) is 21.2 Å². The lowest BCUT2D eigenvalue weighted by molar-refractivity contribution is -0.136. The van der Waals surface area contributed by atoms with Crippen molar-refractivity contribution in [3.8, 4) is 11.5 Å². The molecule has 3 amide bonds. The number of para-hydroxylation sites is 2. The van der Waals surface area contributed by atoms with Gasteiger partial charge in [0, 0.05) is 12.3 Å². The molecule has 0 atom stereocenters. The maximum Gasteiger partial charge on any atom is 0.329 e. The Hall–Kier alpha value is -3.88. The molecule has 0 aliphatic carbocycles. The van der Waals surface area contributed by atoms with E-state index in [0.717, 1.165) is 11.3 Å². The Labute approximate surface area is 180 Å². The van der Waals surface area contributed by atoms with Crippen LogP contribution < -0.4 is 25.5 Å². The van der Waals surface area contributed by atoms with Crippen LogP contribution in [0.4, 0.5) is 5.69 Å². The van der Waals surface area contributed by atoms with Gasteiger partial charge in [0.25, 0.3) is 0 Å². The van der Waals surface area contributed by atoms with Crippen LogP contribution in [-0.2, 0) is 20.8 Å². The number of carbonyl (C=O) groups is 3. The number of anilines is 1. The third kappa shape index (κ3) is 7.81. The molecule has 0 aromatic heterocycles. The van der Waals surface area contributed by atoms with E-state index in [4.69, 9.17) is 9.47 Å². The van der Waals surface area contributed by atoms with E-state index in [1.165, 1.54) is 7.11 Å². The Kier molecular flexibility index (Phi) is 9.03. The first-order valence-corrected chi connectivity index (χ1v) is 9.60. The van der Waals surface area contributed by atoms with Gasteiger partial charge in [0.1, 0.15) is 11.5 Å². The first kappa shape index (κ1) is 23.4. The average Bonchev–Trinajstić information content (AvgIpc) is 2.78. The van der Waals surface area contributed by atoms with Crippen molar-refractivity contribution in [3.63, 3.8) is 0 Å². The van der Waals surface area contributed by atoms with Crippen molar-refractivity contribution in [2.45, 2.75) is 19.8 Å². The Balaban J connectivity index is 1.74. The predicted octanol–water partition coefficient (Wildman–Crippen LogP) is 1.88. The smallest absolute Gasteiger partial charge is 0.329 e. The fourth-order valence-electron chi connectivity index (χ4n) is 2.60. The number of rotatable bonds is 9. The number of benzene rings is 2. The van der Waals surface area contributed by atoms with Gasteiger partial charge < -0.3 is 20.1 Å². The summed E-state index contributed by atoms with van der Waals surface area (Å²) in [5, 5.41) is 9.04. The molecule has 0 spiro atoms. The summed E-state index contributed by atoms with van der Waals surface area (Å²) < 4.78 is 10.2. The van der Waals surface area contributed by atoms with Crippen LogP contribution in [0.2, 0.25) is 0 Å². The summed E-state index contributed by atoms with van der Waals surface area (Å²) >= 11 is 0. The zero-order valence-corrected chi connectivity index (χ0v) is 17.7. The quantitative estimate of drug-likeness (QED) is 0.321. The summed E-state index contributed by atoms with van der Waals surface area (Å²) in [6.45, 7) is 2.05. The van der Waals surface area contributed by atoms with Gasteiger partial charge in [-0.05, 0) is 43.2 Å². The maximum atomic E-state index is 12.0. The second kappa shape index (κ2) is 12.0. The fourth-order valence-corrected chi connectivity index (χ4v) is 2.60. The Morgan fingerprint density at radius 2 is 1.65 bits per heavy atom. The third-order valence-electron chi connectivity index (χ3n) is 4.22. The van der Waals surface area contributed by atoms with Crippen LogP contribution in [0.15, 0.2) is 53.6 Å². The second-order valence-corrected chi connectivity index (χ2v) is 6.57. The van der Waals surface area contributed by atoms with Crippen LogP contribution in [-0.4, -0.2) is 44.2 Å². The number of nitrogens with one attached hydrogen (secondary N) is 3. The highest BCUT2D eigenvalue weighted by Crippen LogP contribution is 2.22. The van der Waals surface area contributed by atoms with Crippen molar-refractivity contribution < 1.29 is 23.9 Å². The molecule has 31 heavy (non-hydrogen) atoms. The topological polar surface area (TPSA) is 118 Å². The first-order chi connectivity index (χ1) is 14.9. The summed E-state index contributed by atoms with van der Waals surface area (Å²) in [6, 6.07) is 14.3. The van der Waals surface area contributed by atoms with Gasteiger partial charge in [-0.25, -0.2) is 5.43 Å². The van der Waals surface area contributed by atoms with Gasteiger partial charge >= 0.3 is 11.8 Å². The fraction of sp³-hybridized carbons (Fsp3) is 0.273. The van der Waals surface area contributed by atoms with Gasteiger partial charge in [0.15, 0.2) is 0 Å². The van der Waals surface area contributed by atoms with Crippen molar-refractivity contribution in [2.24, 2.45) is 5.10 Å². The second-order valence-electron chi connectivity index (χ2n) is 6.57. The SMILES string of the molecule is COc1ccc(CCNC(=O)C/C(C)=N/NC(=O)C(=O)Nc2ccccc2OC)cc1. The maximum absolute atomic E-state index is 12.0. The van der Waals surface area contributed by atoms with Crippen LogP contribution in [0.3, 0.4) is 0 Å². The van der Waals surface area contributed by atoms with Crippen LogP contribution in [0, 0.1) is 0 Å². The molecule has 9 heteroatoms. The van der Waals surface area contributed by atoms with Crippen molar-refractivity contribution in [2.75, 3.05) is 26.1 Å². The molecule has 3 N–H and O–H groups in total. The van der Waals surface area contributed by atoms with E-state index in [-0.39, 0.29) is 12.3 Å². The van der Waals surface area contributed by atoms with Gasteiger partial charge in [-0.15, -0.1) is 0 Å². The van der Waals surface area contributed by atoms with Crippen LogP contribution >= 0.6 is 0 Å². The van der Waals surface area contributed by atoms with Crippen molar-refractivity contribution >= 4 is 29.1 Å². The lowest BCUT2D eigenvalue weighted by Crippen LogP contribution is -2.33. The average molecular weight is 426 g/mol. The number of methoxy groups -OCH3 is 2. The van der Waals surface area contributed by atoms with E-state index in [1.807, 2.05) is 24.3 Å². The number of amides is 3. The molecule has 0 saturated heterocycles. The lowest BCUT2D eigenvalue weighted by atomic mass is 10.1. The summed E-state index contributed by atoms with van der Waals surface area (Å²) in [5.41, 5.74) is 3.94. The summed E-state index contributed by atoms with van der Waals surface area (Å²) in [6.07, 6.45) is 0.669. The molecule has 0 bridgehead atoms.